The van der Waals surface area contributed by atoms with E-state index >= 15 is 0 Å². The normalized spacial score (nSPS) is 9.14. The van der Waals surface area contributed by atoms with Crippen LogP contribution in [0.2, 0.25) is 0 Å². The molecule has 0 aliphatic heterocycles. The van der Waals surface area contributed by atoms with Crippen LogP contribution in [0.15, 0.2) is 54.6 Å². The first kappa shape index (κ1) is 11.9. The van der Waals surface area contributed by atoms with Crippen molar-refractivity contribution in [1.82, 2.24) is 0 Å². The van der Waals surface area contributed by atoms with Gasteiger partial charge in [-0.05, 0) is 23.3 Å². The second-order valence-corrected chi connectivity index (χ2v) is 2.91. The molecular weight excluding hydrogens is 199 g/mol. The van der Waals surface area contributed by atoms with Crippen molar-refractivity contribution < 1.29 is 5.11 Å². The van der Waals surface area contributed by atoms with Crippen molar-refractivity contribution >= 4 is 51.4 Å². The minimum atomic E-state index is 0. The molecule has 0 aliphatic carbocycles. The Morgan fingerprint density at radius 1 is 0.643 bits per heavy atom. The second-order valence-electron chi connectivity index (χ2n) is 2.91. The monoisotopic (exact) mass is 210 g/mol. The summed E-state index contributed by atoms with van der Waals surface area (Å²) in [5.41, 5.74) is 2.29. The molecule has 2 heteroatoms. The number of phenols is 1. The molecule has 0 atom stereocenters. The molecule has 0 amide bonds. The Labute approximate surface area is 126 Å². The fourth-order valence-corrected chi connectivity index (χ4v) is 1.28. The van der Waals surface area contributed by atoms with Crippen LogP contribution in [-0.4, -0.2) is 56.5 Å². The molecule has 0 bridgehead atoms. The topological polar surface area (TPSA) is 20.2 Å². The van der Waals surface area contributed by atoms with E-state index < -0.39 is 0 Å². The van der Waals surface area contributed by atoms with Crippen LogP contribution in [0.25, 0.3) is 11.1 Å². The van der Waals surface area contributed by atoms with Gasteiger partial charge in [-0.3, -0.25) is 0 Å². The average Bonchev–Trinajstić information content (AvgIpc) is 2.20. The predicted octanol–water partition coefficient (Wildman–Crippen LogP) is 2.41. The fraction of sp³-hybridized carbons (Fsp3) is 0. The van der Waals surface area contributed by atoms with E-state index in [4.69, 9.17) is 5.11 Å². The number of benzene rings is 2. The van der Waals surface area contributed by atoms with Crippen LogP contribution in [0, 0.1) is 0 Å². The minimum absolute atomic E-state index is 0. The Kier molecular flexibility index (Phi) is 4.85. The number of phenolic OH excluding ortho intramolecular Hbond substituents is 1. The van der Waals surface area contributed by atoms with Crippen LogP contribution >= 0.6 is 0 Å². The summed E-state index contributed by atoms with van der Waals surface area (Å²) in [4.78, 5) is 0. The van der Waals surface area contributed by atoms with Crippen LogP contribution in [0.4, 0.5) is 0 Å². The van der Waals surface area contributed by atoms with Crippen LogP contribution in [-0.2, 0) is 0 Å². The van der Waals surface area contributed by atoms with Crippen LogP contribution < -0.4 is 0 Å². The molecule has 2 aromatic rings. The van der Waals surface area contributed by atoms with Crippen molar-refractivity contribution in [2.75, 3.05) is 0 Å². The van der Waals surface area contributed by atoms with E-state index in [-0.39, 0.29) is 51.4 Å². The van der Waals surface area contributed by atoms with E-state index in [1.807, 2.05) is 42.5 Å². The first-order chi connectivity index (χ1) is 6.36. The summed E-state index contributed by atoms with van der Waals surface area (Å²) in [6, 6.07) is 17.3. The average molecular weight is 210 g/mol. The summed E-state index contributed by atoms with van der Waals surface area (Å²) in [5.74, 6) is 0.305. The van der Waals surface area contributed by atoms with Crippen molar-refractivity contribution in [3.05, 3.63) is 54.6 Å². The SMILES string of the molecule is Oc1ccc(-c2ccccc2)cc1.[KH]. The number of rotatable bonds is 1. The summed E-state index contributed by atoms with van der Waals surface area (Å²) in [6.45, 7) is 0. The van der Waals surface area contributed by atoms with Crippen molar-refractivity contribution in [2.45, 2.75) is 0 Å². The Hall–Kier alpha value is -0.124. The van der Waals surface area contributed by atoms with Crippen LogP contribution in [0.5, 0.6) is 5.75 Å². The third-order valence-corrected chi connectivity index (χ3v) is 1.97. The van der Waals surface area contributed by atoms with Crippen molar-refractivity contribution in [3.63, 3.8) is 0 Å². The van der Waals surface area contributed by atoms with Gasteiger partial charge in [0.1, 0.15) is 5.75 Å². The predicted molar refractivity (Wildman–Crippen MR) is 60.7 cm³/mol. The Bertz CT molecular complexity index is 381. The van der Waals surface area contributed by atoms with Gasteiger partial charge in [-0.1, -0.05) is 42.5 Å². The molecule has 0 spiro atoms. The molecule has 0 saturated carbocycles. The van der Waals surface area contributed by atoms with E-state index in [0.717, 1.165) is 5.56 Å². The molecule has 1 nitrogen and oxygen atoms in total. The number of hydrogen-bond donors (Lipinski definition) is 1. The van der Waals surface area contributed by atoms with Crippen LogP contribution in [0.1, 0.15) is 0 Å². The molecule has 66 valence electrons. The van der Waals surface area contributed by atoms with Gasteiger partial charge in [-0.2, -0.15) is 0 Å². The van der Waals surface area contributed by atoms with E-state index in [9.17, 15) is 0 Å². The summed E-state index contributed by atoms with van der Waals surface area (Å²) in [6.07, 6.45) is 0. The summed E-state index contributed by atoms with van der Waals surface area (Å²) in [5, 5.41) is 9.10. The van der Waals surface area contributed by atoms with Gasteiger partial charge >= 0.3 is 51.4 Å². The van der Waals surface area contributed by atoms with Gasteiger partial charge in [0.25, 0.3) is 0 Å². The zero-order valence-electron chi connectivity index (χ0n) is 7.14. The van der Waals surface area contributed by atoms with Gasteiger partial charge in [-0.15, -0.1) is 0 Å². The van der Waals surface area contributed by atoms with E-state index in [0.29, 0.717) is 5.75 Å². The van der Waals surface area contributed by atoms with Crippen LogP contribution in [0.3, 0.4) is 0 Å². The third kappa shape index (κ3) is 2.94. The first-order valence-electron chi connectivity index (χ1n) is 4.21. The van der Waals surface area contributed by atoms with Gasteiger partial charge in [0.15, 0.2) is 0 Å². The van der Waals surface area contributed by atoms with Gasteiger partial charge in [-0.25, -0.2) is 0 Å². The Morgan fingerprint density at radius 2 is 1.14 bits per heavy atom. The number of hydrogen-bond acceptors (Lipinski definition) is 1. The molecule has 0 fully saturated rings. The fourth-order valence-electron chi connectivity index (χ4n) is 1.28. The van der Waals surface area contributed by atoms with Gasteiger partial charge in [0, 0.05) is 0 Å². The summed E-state index contributed by atoms with van der Waals surface area (Å²) in [7, 11) is 0. The molecule has 1 N–H and O–H groups in total. The zero-order chi connectivity index (χ0) is 9.10. The van der Waals surface area contributed by atoms with E-state index in [2.05, 4.69) is 0 Å². The molecule has 0 aromatic heterocycles. The van der Waals surface area contributed by atoms with Crippen molar-refractivity contribution in [1.29, 1.82) is 0 Å². The third-order valence-electron chi connectivity index (χ3n) is 1.97. The molecule has 0 aliphatic rings. The second kappa shape index (κ2) is 5.68. The van der Waals surface area contributed by atoms with E-state index in [1.165, 1.54) is 5.56 Å². The Morgan fingerprint density at radius 3 is 1.71 bits per heavy atom. The molecule has 2 aromatic carbocycles. The summed E-state index contributed by atoms with van der Waals surface area (Å²) >= 11 is 0. The standard InChI is InChI=1S/C12H10O.K.H/c13-12-8-6-11(7-9-12)10-4-2-1-3-5-10;;/h1-9,13H;;. The molecule has 14 heavy (non-hydrogen) atoms. The van der Waals surface area contributed by atoms with Crippen molar-refractivity contribution in [3.8, 4) is 16.9 Å². The molecule has 0 heterocycles. The van der Waals surface area contributed by atoms with Crippen molar-refractivity contribution in [2.24, 2.45) is 0 Å². The van der Waals surface area contributed by atoms with Gasteiger partial charge in [0.05, 0.1) is 0 Å². The molecule has 2 rings (SSSR count). The van der Waals surface area contributed by atoms with Gasteiger partial charge in [0.2, 0.25) is 0 Å². The Balaban J connectivity index is 0.000000980. The summed E-state index contributed by atoms with van der Waals surface area (Å²) < 4.78 is 0. The van der Waals surface area contributed by atoms with E-state index in [1.54, 1.807) is 12.1 Å². The van der Waals surface area contributed by atoms with Gasteiger partial charge < -0.3 is 5.11 Å². The molecule has 0 radical (unpaired) electrons. The maximum absolute atomic E-state index is 9.10. The molecular formula is C12H11KO. The molecule has 0 saturated heterocycles. The quantitative estimate of drug-likeness (QED) is 0.717. The zero-order valence-corrected chi connectivity index (χ0v) is 7.14. The number of aromatic hydroxyl groups is 1. The maximum atomic E-state index is 9.10. The molecule has 0 unspecified atom stereocenters. The first-order valence-corrected chi connectivity index (χ1v) is 4.21.